The van der Waals surface area contributed by atoms with Crippen LogP contribution in [0, 0.1) is 5.41 Å². The smallest absolute Gasteiger partial charge is 0.193 e. The van der Waals surface area contributed by atoms with Crippen molar-refractivity contribution in [3.63, 3.8) is 0 Å². The molecule has 4 rings (SSSR count). The van der Waals surface area contributed by atoms with Gasteiger partial charge in [-0.05, 0) is 23.1 Å². The summed E-state index contributed by atoms with van der Waals surface area (Å²) in [6.45, 7) is 6.40. The number of benzene rings is 2. The van der Waals surface area contributed by atoms with E-state index in [1.54, 1.807) is 0 Å². The van der Waals surface area contributed by atoms with E-state index in [-0.39, 0.29) is 11.2 Å². The Bertz CT molecular complexity index is 817. The van der Waals surface area contributed by atoms with Crippen molar-refractivity contribution in [3.8, 4) is 0 Å². The van der Waals surface area contributed by atoms with Crippen LogP contribution in [0.5, 0.6) is 0 Å². The van der Waals surface area contributed by atoms with Gasteiger partial charge in [0.25, 0.3) is 0 Å². The number of hydrogen-bond acceptors (Lipinski definition) is 3. The third-order valence-electron chi connectivity index (χ3n) is 5.11. The van der Waals surface area contributed by atoms with Gasteiger partial charge in [-0.25, -0.2) is 5.01 Å². The zero-order valence-electron chi connectivity index (χ0n) is 13.7. The van der Waals surface area contributed by atoms with Crippen LogP contribution in [0.25, 0.3) is 0 Å². The van der Waals surface area contributed by atoms with Crippen molar-refractivity contribution in [1.29, 1.82) is 0 Å². The van der Waals surface area contributed by atoms with Crippen molar-refractivity contribution in [1.82, 2.24) is 0 Å². The highest BCUT2D eigenvalue weighted by Crippen LogP contribution is 2.53. The summed E-state index contributed by atoms with van der Waals surface area (Å²) in [6.07, 6.45) is 0.647. The third-order valence-corrected chi connectivity index (χ3v) is 5.11. The van der Waals surface area contributed by atoms with Crippen LogP contribution in [0.2, 0.25) is 0 Å². The SMILES string of the molecule is CC(C)(C)C12CC(c3ccccc3)=NN1c1ccccc1C2=O. The van der Waals surface area contributed by atoms with Gasteiger partial charge < -0.3 is 0 Å². The summed E-state index contributed by atoms with van der Waals surface area (Å²) in [4.78, 5) is 13.3. The Morgan fingerprint density at radius 2 is 1.65 bits per heavy atom. The number of para-hydroxylation sites is 1. The zero-order chi connectivity index (χ0) is 16.2. The largest absolute Gasteiger partial charge is 0.291 e. The van der Waals surface area contributed by atoms with Crippen LogP contribution in [0.3, 0.4) is 0 Å². The molecule has 3 heteroatoms. The molecule has 1 unspecified atom stereocenters. The van der Waals surface area contributed by atoms with Crippen LogP contribution in [-0.2, 0) is 0 Å². The standard InChI is InChI=1S/C20H20N2O/c1-19(2,3)20-13-16(14-9-5-4-6-10-14)21-22(20)17-12-8-7-11-15(17)18(20)23/h4-12H,13H2,1-3H3. The predicted octanol–water partition coefficient (Wildman–Crippen LogP) is 4.28. The van der Waals surface area contributed by atoms with E-state index in [4.69, 9.17) is 5.10 Å². The second-order valence-corrected chi connectivity index (χ2v) is 7.36. The number of nitrogens with zero attached hydrogens (tertiary/aromatic N) is 2. The molecule has 0 spiro atoms. The molecule has 0 fully saturated rings. The normalized spacial score (nSPS) is 22.8. The molecule has 0 amide bonds. The van der Waals surface area contributed by atoms with E-state index in [1.807, 2.05) is 47.5 Å². The Balaban J connectivity index is 1.92. The average molecular weight is 304 g/mol. The third kappa shape index (κ3) is 1.76. The second kappa shape index (κ2) is 4.54. The quantitative estimate of drug-likeness (QED) is 0.787. The minimum Gasteiger partial charge on any atom is -0.291 e. The molecule has 2 aromatic carbocycles. The van der Waals surface area contributed by atoms with E-state index in [0.29, 0.717) is 6.42 Å². The van der Waals surface area contributed by atoms with Crippen molar-refractivity contribution in [3.05, 3.63) is 65.7 Å². The number of fused-ring (bicyclic) bond motifs is 3. The number of ketones is 1. The van der Waals surface area contributed by atoms with Gasteiger partial charge in [0.15, 0.2) is 5.78 Å². The van der Waals surface area contributed by atoms with Gasteiger partial charge in [-0.1, -0.05) is 63.2 Å². The van der Waals surface area contributed by atoms with Crippen molar-refractivity contribution in [2.45, 2.75) is 32.7 Å². The van der Waals surface area contributed by atoms with Gasteiger partial charge in [-0.15, -0.1) is 0 Å². The van der Waals surface area contributed by atoms with Crippen LogP contribution in [0.4, 0.5) is 5.69 Å². The fourth-order valence-corrected chi connectivity index (χ4v) is 3.78. The van der Waals surface area contributed by atoms with E-state index in [2.05, 4.69) is 32.9 Å². The number of carbonyl (C=O) groups is 1. The fraction of sp³-hybridized carbons (Fsp3) is 0.300. The van der Waals surface area contributed by atoms with Gasteiger partial charge >= 0.3 is 0 Å². The van der Waals surface area contributed by atoms with Crippen LogP contribution in [-0.4, -0.2) is 17.0 Å². The van der Waals surface area contributed by atoms with Crippen LogP contribution in [0.1, 0.15) is 43.1 Å². The Morgan fingerprint density at radius 1 is 1.00 bits per heavy atom. The predicted molar refractivity (Wildman–Crippen MR) is 93.0 cm³/mol. The van der Waals surface area contributed by atoms with Crippen LogP contribution >= 0.6 is 0 Å². The number of rotatable bonds is 1. The molecule has 2 aliphatic rings. The van der Waals surface area contributed by atoms with Gasteiger partial charge in [0, 0.05) is 12.0 Å². The number of carbonyl (C=O) groups excluding carboxylic acids is 1. The molecule has 116 valence electrons. The van der Waals surface area contributed by atoms with Gasteiger partial charge in [0.1, 0.15) is 5.54 Å². The topological polar surface area (TPSA) is 32.7 Å². The Morgan fingerprint density at radius 3 is 2.35 bits per heavy atom. The van der Waals surface area contributed by atoms with Crippen molar-refractivity contribution >= 4 is 17.2 Å². The first-order valence-corrected chi connectivity index (χ1v) is 8.02. The van der Waals surface area contributed by atoms with Gasteiger partial charge in [-0.3, -0.25) is 4.79 Å². The van der Waals surface area contributed by atoms with Gasteiger partial charge in [0.05, 0.1) is 11.4 Å². The first-order chi connectivity index (χ1) is 10.9. The van der Waals surface area contributed by atoms with Gasteiger partial charge in [-0.2, -0.15) is 5.10 Å². The summed E-state index contributed by atoms with van der Waals surface area (Å²) >= 11 is 0. The lowest BCUT2D eigenvalue weighted by atomic mass is 9.68. The van der Waals surface area contributed by atoms with Crippen LogP contribution < -0.4 is 5.01 Å². The van der Waals surface area contributed by atoms with Crippen molar-refractivity contribution in [2.75, 3.05) is 5.01 Å². The molecule has 23 heavy (non-hydrogen) atoms. The molecule has 0 aromatic heterocycles. The first-order valence-electron chi connectivity index (χ1n) is 8.02. The van der Waals surface area contributed by atoms with E-state index >= 15 is 0 Å². The molecule has 0 saturated carbocycles. The molecule has 1 atom stereocenters. The maximum Gasteiger partial charge on any atom is 0.193 e. The maximum atomic E-state index is 13.3. The summed E-state index contributed by atoms with van der Waals surface area (Å²) < 4.78 is 0. The van der Waals surface area contributed by atoms with Crippen molar-refractivity contribution < 1.29 is 4.79 Å². The average Bonchev–Trinajstić information content (AvgIpc) is 3.05. The molecule has 0 N–H and O–H groups in total. The Kier molecular flexibility index (Phi) is 2.80. The molecule has 2 aliphatic heterocycles. The minimum absolute atomic E-state index is 0.190. The minimum atomic E-state index is -0.623. The number of anilines is 1. The molecular weight excluding hydrogens is 284 g/mol. The molecule has 3 nitrogen and oxygen atoms in total. The summed E-state index contributed by atoms with van der Waals surface area (Å²) in [7, 11) is 0. The number of Topliss-reactive ketones (excluding diaryl/α,β-unsaturated/α-hetero) is 1. The van der Waals surface area contributed by atoms with E-state index in [0.717, 1.165) is 22.5 Å². The van der Waals surface area contributed by atoms with Crippen LogP contribution in [0.15, 0.2) is 59.7 Å². The lowest BCUT2D eigenvalue weighted by Gasteiger charge is -2.41. The molecule has 0 radical (unpaired) electrons. The maximum absolute atomic E-state index is 13.3. The van der Waals surface area contributed by atoms with Gasteiger partial charge in [0.2, 0.25) is 0 Å². The van der Waals surface area contributed by atoms with Crippen molar-refractivity contribution in [2.24, 2.45) is 10.5 Å². The summed E-state index contributed by atoms with van der Waals surface area (Å²) in [5, 5.41) is 6.86. The monoisotopic (exact) mass is 304 g/mol. The summed E-state index contributed by atoms with van der Waals surface area (Å²) in [6, 6.07) is 18.0. The summed E-state index contributed by atoms with van der Waals surface area (Å²) in [5.74, 6) is 0.190. The fourth-order valence-electron chi connectivity index (χ4n) is 3.78. The Hall–Kier alpha value is -2.42. The highest BCUT2D eigenvalue weighted by Gasteiger charge is 2.61. The molecule has 2 aromatic rings. The molecule has 2 heterocycles. The Labute approximate surface area is 136 Å². The first kappa shape index (κ1) is 14.2. The molecule has 0 saturated heterocycles. The zero-order valence-corrected chi connectivity index (χ0v) is 13.7. The lowest BCUT2D eigenvalue weighted by molar-refractivity contribution is 0.0785. The molecule has 0 aliphatic carbocycles. The lowest BCUT2D eigenvalue weighted by Crippen LogP contribution is -2.55. The van der Waals surface area contributed by atoms with E-state index in [9.17, 15) is 4.79 Å². The van der Waals surface area contributed by atoms with E-state index < -0.39 is 5.54 Å². The number of hydrogen-bond donors (Lipinski definition) is 0. The highest BCUT2D eigenvalue weighted by atomic mass is 16.1. The summed E-state index contributed by atoms with van der Waals surface area (Å²) in [5.41, 5.74) is 2.96. The second-order valence-electron chi connectivity index (χ2n) is 7.36. The van der Waals surface area contributed by atoms with E-state index in [1.165, 1.54) is 0 Å². The highest BCUT2D eigenvalue weighted by molar-refractivity contribution is 6.20. The molecule has 0 bridgehead atoms. The number of hydrazone groups is 1. The molecular formula is C20H20N2O.